The van der Waals surface area contributed by atoms with E-state index in [0.717, 1.165) is 22.2 Å². The lowest BCUT2D eigenvalue weighted by Gasteiger charge is -2.09. The number of fused-ring (bicyclic) bond motifs is 1. The number of nitrogens with two attached hydrogens (primary N) is 1. The van der Waals surface area contributed by atoms with Gasteiger partial charge < -0.3 is 11.1 Å². The standard InChI is InChI=1S/C18H16N8/c1-11-9-26(16-4-3-13(20)5-15(11)16)17-12(6-19)7-21-18(24-17)23-14-8-22-25(2)10-14/h3-5,7-10H,20H2,1-2H3,(H,21,23,24). The molecule has 4 rings (SSSR count). The maximum Gasteiger partial charge on any atom is 0.229 e. The average Bonchev–Trinajstić information content (AvgIpc) is 3.18. The summed E-state index contributed by atoms with van der Waals surface area (Å²) in [7, 11) is 1.83. The predicted molar refractivity (Wildman–Crippen MR) is 99.2 cm³/mol. The number of nitrogens with zero attached hydrogens (tertiary/aromatic N) is 6. The number of nitrogen functional groups attached to an aromatic ring is 1. The monoisotopic (exact) mass is 344 g/mol. The number of nitrogens with one attached hydrogen (secondary N) is 1. The van der Waals surface area contributed by atoms with Crippen LogP contribution in [0.3, 0.4) is 0 Å². The molecule has 8 nitrogen and oxygen atoms in total. The van der Waals surface area contributed by atoms with Crippen molar-refractivity contribution in [3.8, 4) is 11.9 Å². The van der Waals surface area contributed by atoms with Gasteiger partial charge in [0.05, 0.1) is 23.6 Å². The Morgan fingerprint density at radius 2 is 2.08 bits per heavy atom. The second-order valence-corrected chi connectivity index (χ2v) is 6.03. The Balaban J connectivity index is 1.85. The number of nitriles is 1. The van der Waals surface area contributed by atoms with Crippen LogP contribution in [0.15, 0.2) is 43.0 Å². The maximum absolute atomic E-state index is 9.49. The van der Waals surface area contributed by atoms with Crippen LogP contribution in [-0.2, 0) is 7.05 Å². The molecule has 0 aliphatic carbocycles. The lowest BCUT2D eigenvalue weighted by molar-refractivity contribution is 0.768. The van der Waals surface area contributed by atoms with Crippen LogP contribution in [0.25, 0.3) is 16.7 Å². The van der Waals surface area contributed by atoms with Crippen LogP contribution in [0.1, 0.15) is 11.1 Å². The van der Waals surface area contributed by atoms with E-state index in [0.29, 0.717) is 23.0 Å². The molecule has 0 aliphatic heterocycles. The SMILES string of the molecule is Cc1cn(-c2nc(Nc3cnn(C)c3)ncc2C#N)c2ccc(N)cc12. The smallest absolute Gasteiger partial charge is 0.229 e. The normalized spacial score (nSPS) is 10.8. The number of aryl methyl sites for hydroxylation is 2. The molecule has 0 unspecified atom stereocenters. The summed E-state index contributed by atoms with van der Waals surface area (Å²) in [6.45, 7) is 2.00. The van der Waals surface area contributed by atoms with Gasteiger partial charge in [0.25, 0.3) is 0 Å². The van der Waals surface area contributed by atoms with Crippen LogP contribution in [0.4, 0.5) is 17.3 Å². The van der Waals surface area contributed by atoms with Gasteiger partial charge in [-0.05, 0) is 30.7 Å². The van der Waals surface area contributed by atoms with Gasteiger partial charge in [-0.1, -0.05) is 0 Å². The van der Waals surface area contributed by atoms with Gasteiger partial charge in [-0.2, -0.15) is 15.3 Å². The summed E-state index contributed by atoms with van der Waals surface area (Å²) < 4.78 is 3.57. The van der Waals surface area contributed by atoms with Crippen LogP contribution in [-0.4, -0.2) is 24.3 Å². The van der Waals surface area contributed by atoms with Crippen LogP contribution >= 0.6 is 0 Å². The molecule has 3 aromatic heterocycles. The first kappa shape index (κ1) is 15.7. The number of aromatic nitrogens is 5. The molecule has 0 spiro atoms. The van der Waals surface area contributed by atoms with Crippen molar-refractivity contribution in [3.63, 3.8) is 0 Å². The Kier molecular flexibility index (Phi) is 3.55. The molecule has 3 heterocycles. The molecule has 128 valence electrons. The average molecular weight is 344 g/mol. The molecule has 0 saturated heterocycles. The first-order valence-electron chi connectivity index (χ1n) is 7.95. The summed E-state index contributed by atoms with van der Waals surface area (Å²) in [5.74, 6) is 0.902. The molecular weight excluding hydrogens is 328 g/mol. The van der Waals surface area contributed by atoms with Crippen molar-refractivity contribution in [1.29, 1.82) is 5.26 Å². The van der Waals surface area contributed by atoms with Gasteiger partial charge in [-0.15, -0.1) is 0 Å². The van der Waals surface area contributed by atoms with Crippen LogP contribution in [0.2, 0.25) is 0 Å². The Morgan fingerprint density at radius 3 is 2.81 bits per heavy atom. The summed E-state index contributed by atoms with van der Waals surface area (Å²) in [5.41, 5.74) is 9.73. The van der Waals surface area contributed by atoms with E-state index in [2.05, 4.69) is 26.5 Å². The number of benzene rings is 1. The lowest BCUT2D eigenvalue weighted by Crippen LogP contribution is -2.05. The molecule has 0 bridgehead atoms. The third-order valence-electron chi connectivity index (χ3n) is 4.11. The van der Waals surface area contributed by atoms with E-state index in [9.17, 15) is 5.26 Å². The summed E-state index contributed by atoms with van der Waals surface area (Å²) in [5, 5.41) is 17.7. The molecule has 0 amide bonds. The topological polar surface area (TPSA) is 110 Å². The van der Waals surface area contributed by atoms with Gasteiger partial charge in [0.1, 0.15) is 11.6 Å². The van der Waals surface area contributed by atoms with Crippen molar-refractivity contribution in [2.45, 2.75) is 6.92 Å². The maximum atomic E-state index is 9.49. The summed E-state index contributed by atoms with van der Waals surface area (Å²) >= 11 is 0. The molecule has 3 N–H and O–H groups in total. The molecule has 4 aromatic rings. The first-order chi connectivity index (χ1) is 12.5. The highest BCUT2D eigenvalue weighted by Gasteiger charge is 2.14. The highest BCUT2D eigenvalue weighted by molar-refractivity contribution is 5.88. The first-order valence-corrected chi connectivity index (χ1v) is 7.95. The minimum absolute atomic E-state index is 0.385. The van der Waals surface area contributed by atoms with Crippen molar-refractivity contribution in [2.24, 2.45) is 7.05 Å². The van der Waals surface area contributed by atoms with Crippen molar-refractivity contribution >= 4 is 28.2 Å². The third-order valence-corrected chi connectivity index (χ3v) is 4.11. The Labute approximate surface area is 149 Å². The molecular formula is C18H16N8. The summed E-state index contributed by atoms with van der Waals surface area (Å²) in [4.78, 5) is 8.78. The van der Waals surface area contributed by atoms with Gasteiger partial charge in [0.15, 0.2) is 5.82 Å². The van der Waals surface area contributed by atoms with Gasteiger partial charge in [0.2, 0.25) is 5.95 Å². The molecule has 26 heavy (non-hydrogen) atoms. The van der Waals surface area contributed by atoms with E-state index < -0.39 is 0 Å². The Bertz CT molecular complexity index is 1160. The zero-order valence-corrected chi connectivity index (χ0v) is 14.3. The Hall–Kier alpha value is -3.86. The number of anilines is 3. The fourth-order valence-electron chi connectivity index (χ4n) is 2.90. The summed E-state index contributed by atoms with van der Waals surface area (Å²) in [6.07, 6.45) is 6.96. The Morgan fingerprint density at radius 1 is 1.23 bits per heavy atom. The van der Waals surface area contributed by atoms with Gasteiger partial charge in [-0.25, -0.2) is 4.98 Å². The van der Waals surface area contributed by atoms with Crippen molar-refractivity contribution in [1.82, 2.24) is 24.3 Å². The van der Waals surface area contributed by atoms with Crippen molar-refractivity contribution in [2.75, 3.05) is 11.1 Å². The largest absolute Gasteiger partial charge is 0.399 e. The van der Waals surface area contributed by atoms with E-state index in [1.807, 2.05) is 49.1 Å². The van der Waals surface area contributed by atoms with E-state index >= 15 is 0 Å². The number of hydrogen-bond acceptors (Lipinski definition) is 6. The van der Waals surface area contributed by atoms with Gasteiger partial charge in [0, 0.05) is 30.5 Å². The third kappa shape index (κ3) is 2.61. The van der Waals surface area contributed by atoms with Crippen molar-refractivity contribution in [3.05, 3.63) is 54.1 Å². The van der Waals surface area contributed by atoms with Gasteiger partial charge >= 0.3 is 0 Å². The van der Waals surface area contributed by atoms with E-state index in [-0.39, 0.29) is 0 Å². The quantitative estimate of drug-likeness (QED) is 0.553. The molecule has 0 saturated carbocycles. The molecule has 0 radical (unpaired) electrons. The number of rotatable bonds is 3. The summed E-state index contributed by atoms with van der Waals surface area (Å²) in [6, 6.07) is 7.84. The zero-order valence-electron chi connectivity index (χ0n) is 14.3. The highest BCUT2D eigenvalue weighted by atomic mass is 15.3. The highest BCUT2D eigenvalue weighted by Crippen LogP contribution is 2.27. The minimum Gasteiger partial charge on any atom is -0.399 e. The number of hydrogen-bond donors (Lipinski definition) is 2. The van der Waals surface area contributed by atoms with Gasteiger partial charge in [-0.3, -0.25) is 9.25 Å². The zero-order chi connectivity index (χ0) is 18.3. The van der Waals surface area contributed by atoms with Crippen LogP contribution < -0.4 is 11.1 Å². The molecule has 1 aromatic carbocycles. The molecule has 0 fully saturated rings. The van der Waals surface area contributed by atoms with E-state index in [1.165, 1.54) is 6.20 Å². The predicted octanol–water partition coefficient (Wildman–Crippen LogP) is 2.66. The van der Waals surface area contributed by atoms with Crippen molar-refractivity contribution < 1.29 is 0 Å². The second kappa shape index (κ2) is 5.89. The lowest BCUT2D eigenvalue weighted by atomic mass is 10.2. The molecule has 0 aliphatic rings. The fraction of sp³-hybridized carbons (Fsp3) is 0.111. The van der Waals surface area contributed by atoms with Crippen LogP contribution in [0, 0.1) is 18.3 Å². The van der Waals surface area contributed by atoms with E-state index in [1.54, 1.807) is 10.9 Å². The molecule has 8 heteroatoms. The second-order valence-electron chi connectivity index (χ2n) is 6.03. The van der Waals surface area contributed by atoms with E-state index in [4.69, 9.17) is 5.73 Å². The fourth-order valence-corrected chi connectivity index (χ4v) is 2.90. The van der Waals surface area contributed by atoms with Crippen LogP contribution in [0.5, 0.6) is 0 Å². The molecule has 0 atom stereocenters. The minimum atomic E-state index is 0.385.